The van der Waals surface area contributed by atoms with E-state index in [-0.39, 0.29) is 23.6 Å². The van der Waals surface area contributed by atoms with Gasteiger partial charge in [-0.1, -0.05) is 29.8 Å². The lowest BCUT2D eigenvalue weighted by Gasteiger charge is -2.18. The van der Waals surface area contributed by atoms with Crippen LogP contribution in [0.2, 0.25) is 10.3 Å². The molecule has 12 nitrogen and oxygen atoms in total. The molecule has 0 aliphatic carbocycles. The highest BCUT2D eigenvalue weighted by molar-refractivity contribution is 7.51. The number of benzene rings is 1. The van der Waals surface area contributed by atoms with Crippen molar-refractivity contribution in [1.29, 1.82) is 0 Å². The quantitative estimate of drug-likeness (QED) is 0.212. The molecule has 1 aliphatic rings. The molecule has 0 radical (unpaired) electrons. The monoisotopic (exact) mass is 533 g/mol. The molecule has 2 aromatic heterocycles. The zero-order valence-corrected chi connectivity index (χ0v) is 20.1. The molecule has 3 aromatic rings. The van der Waals surface area contributed by atoms with Crippen LogP contribution in [0.5, 0.6) is 0 Å². The van der Waals surface area contributed by atoms with Crippen molar-refractivity contribution in [2.45, 2.75) is 37.5 Å². The van der Waals surface area contributed by atoms with Gasteiger partial charge in [-0.05, 0) is 30.2 Å². The fraction of sp³-hybridized carbons (Fsp3) is 0.421. The smallest absolute Gasteiger partial charge is 0.350 e. The van der Waals surface area contributed by atoms with Gasteiger partial charge in [0.1, 0.15) is 30.5 Å². The highest BCUT2D eigenvalue weighted by Gasteiger charge is 2.45. The molecule has 5 N–H and O–H groups in total. The second-order valence-corrected chi connectivity index (χ2v) is 10.1. The van der Waals surface area contributed by atoms with Gasteiger partial charge in [0, 0.05) is 5.02 Å². The molecule has 0 saturated carbocycles. The number of hydrogen-bond donors (Lipinski definition) is 5. The number of hydrogen-bond acceptors (Lipinski definition) is 9. The Morgan fingerprint density at radius 2 is 1.97 bits per heavy atom. The molecule has 1 fully saturated rings. The molecule has 3 heterocycles. The molecule has 1 unspecified atom stereocenters. The van der Waals surface area contributed by atoms with Crippen LogP contribution in [0.3, 0.4) is 0 Å². The van der Waals surface area contributed by atoms with E-state index in [1.54, 1.807) is 6.07 Å². The van der Waals surface area contributed by atoms with Gasteiger partial charge < -0.3 is 34.8 Å². The summed E-state index contributed by atoms with van der Waals surface area (Å²) in [6, 6.07) is 7.11. The van der Waals surface area contributed by atoms with E-state index >= 15 is 0 Å². The van der Waals surface area contributed by atoms with Crippen LogP contribution in [-0.4, -0.2) is 71.0 Å². The number of nitrogens with one attached hydrogen (secondary N) is 1. The van der Waals surface area contributed by atoms with E-state index in [4.69, 9.17) is 42.5 Å². The van der Waals surface area contributed by atoms with E-state index in [0.29, 0.717) is 16.2 Å². The SMILES string of the molecule is CC(Nc1nc(Cl)nc2c1cnn2[C@@H]1O[C@H](COCP(=O)(O)O)[C@@H](O)[C@H]1O)c1ccccc1Cl. The van der Waals surface area contributed by atoms with Gasteiger partial charge in [0.25, 0.3) is 0 Å². The molecule has 4 rings (SSSR count). The van der Waals surface area contributed by atoms with Crippen LogP contribution in [0.25, 0.3) is 11.0 Å². The van der Waals surface area contributed by atoms with Crippen LogP contribution in [-0.2, 0) is 14.0 Å². The van der Waals surface area contributed by atoms with Crippen molar-refractivity contribution < 1.29 is 34.0 Å². The van der Waals surface area contributed by atoms with Crippen LogP contribution in [0.15, 0.2) is 30.5 Å². The first kappa shape index (κ1) is 25.2. The van der Waals surface area contributed by atoms with Crippen LogP contribution in [0, 0.1) is 0 Å². The molecule has 0 spiro atoms. The summed E-state index contributed by atoms with van der Waals surface area (Å²) in [5.74, 6) is 0.378. The van der Waals surface area contributed by atoms with E-state index < -0.39 is 38.5 Å². The largest absolute Gasteiger partial charge is 0.387 e. The Morgan fingerprint density at radius 3 is 2.68 bits per heavy atom. The number of aromatic nitrogens is 4. The standard InChI is InChI=1S/C19H22Cl2N5O7P/c1-9(10-4-2-3-5-12(10)20)23-16-11-6-22-26(17(11)25-19(21)24-16)18-15(28)14(27)13(33-18)7-32-8-34(29,30)31/h2-6,9,13-15,18,27-28H,7-8H2,1H3,(H,23,24,25)(H2,29,30,31)/t9?,13-,14-,15-,18-/m1/s1. The molecule has 1 aliphatic heterocycles. The molecule has 0 amide bonds. The number of anilines is 1. The lowest BCUT2D eigenvalue weighted by atomic mass is 10.1. The zero-order valence-electron chi connectivity index (χ0n) is 17.7. The highest BCUT2D eigenvalue weighted by Crippen LogP contribution is 2.36. The van der Waals surface area contributed by atoms with E-state index in [9.17, 15) is 14.8 Å². The summed E-state index contributed by atoms with van der Waals surface area (Å²) in [5, 5.41) is 29.3. The average Bonchev–Trinajstić information content (AvgIpc) is 3.29. The Kier molecular flexibility index (Phi) is 7.44. The van der Waals surface area contributed by atoms with Gasteiger partial charge in [0.05, 0.1) is 24.2 Å². The second-order valence-electron chi connectivity index (χ2n) is 7.77. The van der Waals surface area contributed by atoms with Crippen LogP contribution in [0.1, 0.15) is 24.8 Å². The van der Waals surface area contributed by atoms with Crippen LogP contribution >= 0.6 is 30.8 Å². The summed E-state index contributed by atoms with van der Waals surface area (Å²) in [4.78, 5) is 26.3. The Bertz CT molecular complexity index is 1220. The summed E-state index contributed by atoms with van der Waals surface area (Å²) in [6.45, 7) is 1.55. The van der Waals surface area contributed by atoms with Crippen molar-refractivity contribution in [1.82, 2.24) is 19.7 Å². The number of halogens is 2. The fourth-order valence-corrected chi connectivity index (χ4v) is 4.47. The van der Waals surface area contributed by atoms with Gasteiger partial charge in [0.15, 0.2) is 11.9 Å². The Hall–Kier alpha value is -1.86. The van der Waals surface area contributed by atoms with Gasteiger partial charge in [-0.15, -0.1) is 0 Å². The average molecular weight is 534 g/mol. The third-order valence-electron chi connectivity index (χ3n) is 5.27. The molecule has 1 aromatic carbocycles. The van der Waals surface area contributed by atoms with Crippen molar-refractivity contribution >= 4 is 47.6 Å². The van der Waals surface area contributed by atoms with Gasteiger partial charge in [-0.25, -0.2) is 4.68 Å². The number of aliphatic hydroxyl groups is 2. The highest BCUT2D eigenvalue weighted by atomic mass is 35.5. The Balaban J connectivity index is 1.58. The first-order valence-corrected chi connectivity index (χ1v) is 12.7. The van der Waals surface area contributed by atoms with E-state index in [0.717, 1.165) is 5.56 Å². The van der Waals surface area contributed by atoms with E-state index in [1.807, 2.05) is 25.1 Å². The molecule has 184 valence electrons. The van der Waals surface area contributed by atoms with E-state index in [2.05, 4.69) is 20.4 Å². The maximum atomic E-state index is 11.0. The maximum absolute atomic E-state index is 11.0. The maximum Gasteiger partial charge on any atom is 0.350 e. The van der Waals surface area contributed by atoms with Crippen molar-refractivity contribution in [3.8, 4) is 0 Å². The third kappa shape index (κ3) is 5.35. The number of fused-ring (bicyclic) bond motifs is 1. The molecule has 5 atom stereocenters. The minimum atomic E-state index is -4.39. The predicted molar refractivity (Wildman–Crippen MR) is 123 cm³/mol. The molecule has 15 heteroatoms. The van der Waals surface area contributed by atoms with Crippen molar-refractivity contribution in [2.75, 3.05) is 18.3 Å². The predicted octanol–water partition coefficient (Wildman–Crippen LogP) is 2.08. The van der Waals surface area contributed by atoms with Crippen LogP contribution < -0.4 is 5.32 Å². The van der Waals surface area contributed by atoms with Crippen molar-refractivity contribution in [3.05, 3.63) is 46.3 Å². The summed E-state index contributed by atoms with van der Waals surface area (Å²) in [5.41, 5.74) is 1.08. The first-order valence-electron chi connectivity index (χ1n) is 10.1. The van der Waals surface area contributed by atoms with Gasteiger partial charge in [-0.2, -0.15) is 15.1 Å². The molecule has 34 heavy (non-hydrogen) atoms. The minimum absolute atomic E-state index is 0.0855. The lowest BCUT2D eigenvalue weighted by Crippen LogP contribution is -2.34. The number of rotatable bonds is 8. The van der Waals surface area contributed by atoms with Gasteiger partial charge in [0.2, 0.25) is 5.28 Å². The molecule has 0 bridgehead atoms. The molecular formula is C19H22Cl2N5O7P. The second kappa shape index (κ2) is 10.0. The summed E-state index contributed by atoms with van der Waals surface area (Å²) < 4.78 is 22.8. The fourth-order valence-electron chi connectivity index (χ4n) is 3.66. The van der Waals surface area contributed by atoms with Gasteiger partial charge in [-0.3, -0.25) is 4.57 Å². The van der Waals surface area contributed by atoms with Crippen molar-refractivity contribution in [3.63, 3.8) is 0 Å². The first-order chi connectivity index (χ1) is 16.0. The van der Waals surface area contributed by atoms with Crippen molar-refractivity contribution in [2.24, 2.45) is 0 Å². The number of aliphatic hydroxyl groups excluding tert-OH is 2. The zero-order chi connectivity index (χ0) is 24.6. The van der Waals surface area contributed by atoms with E-state index in [1.165, 1.54) is 10.9 Å². The molecular weight excluding hydrogens is 512 g/mol. The summed E-state index contributed by atoms with van der Waals surface area (Å²) in [6.07, 6.45) is -4.40. The summed E-state index contributed by atoms with van der Waals surface area (Å²) >= 11 is 12.4. The number of ether oxygens (including phenoxy) is 2. The van der Waals surface area contributed by atoms with Gasteiger partial charge >= 0.3 is 7.60 Å². The normalized spacial score (nSPS) is 24.0. The lowest BCUT2D eigenvalue weighted by molar-refractivity contribution is -0.0658. The third-order valence-corrected chi connectivity index (χ3v) is 6.30. The van der Waals surface area contributed by atoms with Crippen LogP contribution in [0.4, 0.5) is 5.82 Å². The minimum Gasteiger partial charge on any atom is -0.387 e. The Morgan fingerprint density at radius 1 is 1.24 bits per heavy atom. The Labute approximate surface area is 203 Å². The summed E-state index contributed by atoms with van der Waals surface area (Å²) in [7, 11) is -4.39. The molecule has 1 saturated heterocycles. The number of nitrogens with zero attached hydrogens (tertiary/aromatic N) is 4. The topological polar surface area (TPSA) is 172 Å².